The lowest BCUT2D eigenvalue weighted by molar-refractivity contribution is -0.122. The zero-order valence-corrected chi connectivity index (χ0v) is 15.3. The molecular formula is C19H24N2O3S. The molecule has 0 saturated heterocycles. The third-order valence-electron chi connectivity index (χ3n) is 3.91. The van der Waals surface area contributed by atoms with Gasteiger partial charge < -0.3 is 11.1 Å². The van der Waals surface area contributed by atoms with Crippen molar-refractivity contribution in [3.63, 3.8) is 0 Å². The van der Waals surface area contributed by atoms with E-state index >= 15 is 0 Å². The summed E-state index contributed by atoms with van der Waals surface area (Å²) in [6, 6.07) is 15.4. The second-order valence-corrected chi connectivity index (χ2v) is 8.57. The topological polar surface area (TPSA) is 89.3 Å². The van der Waals surface area contributed by atoms with Gasteiger partial charge in [0, 0.05) is 12.8 Å². The molecule has 25 heavy (non-hydrogen) atoms. The molecule has 1 amide bonds. The molecule has 0 aromatic heterocycles. The molecule has 0 aliphatic rings. The Kier molecular flexibility index (Phi) is 6.33. The molecule has 0 spiro atoms. The molecular weight excluding hydrogens is 336 g/mol. The van der Waals surface area contributed by atoms with Gasteiger partial charge in [-0.05, 0) is 30.0 Å². The Balaban J connectivity index is 1.90. The monoisotopic (exact) mass is 360 g/mol. The van der Waals surface area contributed by atoms with Gasteiger partial charge in [0.25, 0.3) is 0 Å². The highest BCUT2D eigenvalue weighted by molar-refractivity contribution is 7.90. The van der Waals surface area contributed by atoms with Gasteiger partial charge in [-0.15, -0.1) is 0 Å². The number of benzene rings is 2. The van der Waals surface area contributed by atoms with Crippen molar-refractivity contribution in [2.75, 3.05) is 12.0 Å². The maximum Gasteiger partial charge on any atom is 0.237 e. The summed E-state index contributed by atoms with van der Waals surface area (Å²) < 4.78 is 22.2. The summed E-state index contributed by atoms with van der Waals surface area (Å²) in [5.74, 6) is -0.432. The van der Waals surface area contributed by atoms with Crippen LogP contribution in [-0.2, 0) is 21.2 Å². The van der Waals surface area contributed by atoms with Gasteiger partial charge in [-0.1, -0.05) is 54.1 Å². The Bertz CT molecular complexity index is 830. The van der Waals surface area contributed by atoms with Crippen molar-refractivity contribution >= 4 is 15.7 Å². The van der Waals surface area contributed by atoms with Crippen LogP contribution in [0.25, 0.3) is 11.1 Å². The van der Waals surface area contributed by atoms with E-state index in [2.05, 4.69) is 30.4 Å². The van der Waals surface area contributed by atoms with Crippen LogP contribution in [0.1, 0.15) is 17.5 Å². The van der Waals surface area contributed by atoms with Gasteiger partial charge in [0.05, 0.1) is 11.8 Å². The number of hydrogen-bond acceptors (Lipinski definition) is 4. The average molecular weight is 360 g/mol. The van der Waals surface area contributed by atoms with E-state index in [0.717, 1.165) is 22.9 Å². The summed E-state index contributed by atoms with van der Waals surface area (Å²) >= 11 is 0. The molecule has 0 aliphatic carbocycles. The summed E-state index contributed by atoms with van der Waals surface area (Å²) in [5, 5.41) is 2.74. The molecule has 0 fully saturated rings. The summed E-state index contributed by atoms with van der Waals surface area (Å²) in [7, 11) is -3.11. The maximum atomic E-state index is 11.9. The van der Waals surface area contributed by atoms with Crippen LogP contribution >= 0.6 is 0 Å². The summed E-state index contributed by atoms with van der Waals surface area (Å²) in [5.41, 5.74) is 10.2. The quantitative estimate of drug-likeness (QED) is 0.791. The van der Waals surface area contributed by atoms with E-state index < -0.39 is 15.9 Å². The molecule has 0 radical (unpaired) electrons. The molecule has 2 aromatic rings. The molecule has 1 atom stereocenters. The van der Waals surface area contributed by atoms with Crippen LogP contribution in [0.4, 0.5) is 0 Å². The van der Waals surface area contributed by atoms with Gasteiger partial charge in [0.1, 0.15) is 9.84 Å². The van der Waals surface area contributed by atoms with Crippen molar-refractivity contribution in [1.82, 2.24) is 5.32 Å². The molecule has 2 aromatic carbocycles. The minimum Gasteiger partial charge on any atom is -0.351 e. The van der Waals surface area contributed by atoms with E-state index in [9.17, 15) is 13.2 Å². The Hall–Kier alpha value is -2.18. The number of nitrogens with two attached hydrogens (primary N) is 1. The van der Waals surface area contributed by atoms with E-state index in [4.69, 9.17) is 5.73 Å². The Morgan fingerprint density at radius 2 is 1.80 bits per heavy atom. The molecule has 0 aliphatic heterocycles. The van der Waals surface area contributed by atoms with E-state index in [-0.39, 0.29) is 18.1 Å². The van der Waals surface area contributed by atoms with Crippen LogP contribution in [-0.4, -0.2) is 32.4 Å². The fourth-order valence-corrected chi connectivity index (χ4v) is 3.11. The lowest BCUT2D eigenvalue weighted by atomic mass is 10.0. The predicted octanol–water partition coefficient (Wildman–Crippen LogP) is 2.04. The molecule has 134 valence electrons. The number of carbonyl (C=O) groups excluding carboxylic acids is 1. The van der Waals surface area contributed by atoms with Crippen LogP contribution in [0, 0.1) is 6.92 Å². The summed E-state index contributed by atoms with van der Waals surface area (Å²) in [6.45, 7) is 2.42. The maximum absolute atomic E-state index is 11.9. The van der Waals surface area contributed by atoms with Crippen molar-refractivity contribution in [1.29, 1.82) is 0 Å². The Morgan fingerprint density at radius 1 is 1.12 bits per heavy atom. The zero-order chi connectivity index (χ0) is 18.4. The number of amides is 1. The zero-order valence-electron chi connectivity index (χ0n) is 14.5. The fourth-order valence-electron chi connectivity index (χ4n) is 2.43. The molecule has 3 N–H and O–H groups in total. The number of carbonyl (C=O) groups is 1. The van der Waals surface area contributed by atoms with Crippen LogP contribution in [0.15, 0.2) is 48.5 Å². The minimum absolute atomic E-state index is 0.0905. The second-order valence-electron chi connectivity index (χ2n) is 6.31. The molecule has 0 heterocycles. The normalized spacial score (nSPS) is 12.6. The van der Waals surface area contributed by atoms with Gasteiger partial charge in [0.2, 0.25) is 5.91 Å². The van der Waals surface area contributed by atoms with Crippen molar-refractivity contribution in [3.8, 4) is 11.1 Å². The Morgan fingerprint density at radius 3 is 2.40 bits per heavy atom. The number of aryl methyl sites for hydroxylation is 1. The van der Waals surface area contributed by atoms with Gasteiger partial charge in [-0.2, -0.15) is 0 Å². The van der Waals surface area contributed by atoms with Gasteiger partial charge >= 0.3 is 0 Å². The van der Waals surface area contributed by atoms with Gasteiger partial charge in [0.15, 0.2) is 0 Å². The van der Waals surface area contributed by atoms with Crippen molar-refractivity contribution in [2.45, 2.75) is 25.9 Å². The number of sulfone groups is 1. The average Bonchev–Trinajstić information content (AvgIpc) is 2.57. The van der Waals surface area contributed by atoms with E-state index in [1.165, 1.54) is 5.56 Å². The highest BCUT2D eigenvalue weighted by Gasteiger charge is 2.15. The van der Waals surface area contributed by atoms with Crippen molar-refractivity contribution in [3.05, 3.63) is 59.7 Å². The first-order valence-corrected chi connectivity index (χ1v) is 10.2. The van der Waals surface area contributed by atoms with Crippen LogP contribution in [0.5, 0.6) is 0 Å². The SMILES string of the molecule is Cc1cccc(-c2ccc(CNC(=O)C(N)CCS(C)(=O)=O)cc2)c1. The summed E-state index contributed by atoms with van der Waals surface area (Å²) in [6.07, 6.45) is 1.25. The largest absolute Gasteiger partial charge is 0.351 e. The lowest BCUT2D eigenvalue weighted by Crippen LogP contribution is -2.41. The van der Waals surface area contributed by atoms with Crippen LogP contribution in [0.3, 0.4) is 0 Å². The first kappa shape index (κ1) is 19.1. The minimum atomic E-state index is -3.11. The highest BCUT2D eigenvalue weighted by Crippen LogP contribution is 2.20. The van der Waals surface area contributed by atoms with E-state index in [1.807, 2.05) is 30.3 Å². The van der Waals surface area contributed by atoms with E-state index in [0.29, 0.717) is 6.54 Å². The predicted molar refractivity (Wildman–Crippen MR) is 101 cm³/mol. The Labute approximate surface area is 149 Å². The smallest absolute Gasteiger partial charge is 0.237 e. The van der Waals surface area contributed by atoms with Crippen LogP contribution in [0.2, 0.25) is 0 Å². The number of nitrogens with one attached hydrogen (secondary N) is 1. The molecule has 5 nitrogen and oxygen atoms in total. The molecule has 0 bridgehead atoms. The highest BCUT2D eigenvalue weighted by atomic mass is 32.2. The lowest BCUT2D eigenvalue weighted by Gasteiger charge is -2.12. The van der Waals surface area contributed by atoms with Crippen LogP contribution < -0.4 is 11.1 Å². The third-order valence-corrected chi connectivity index (χ3v) is 4.89. The summed E-state index contributed by atoms with van der Waals surface area (Å²) in [4.78, 5) is 11.9. The van der Waals surface area contributed by atoms with E-state index in [1.54, 1.807) is 0 Å². The van der Waals surface area contributed by atoms with Crippen molar-refractivity contribution < 1.29 is 13.2 Å². The molecule has 6 heteroatoms. The van der Waals surface area contributed by atoms with Gasteiger partial charge in [-0.3, -0.25) is 4.79 Å². The number of hydrogen-bond donors (Lipinski definition) is 2. The standard InChI is InChI=1S/C19H24N2O3S/c1-14-4-3-5-17(12-14)16-8-6-15(7-9-16)13-21-19(22)18(20)10-11-25(2,23)24/h3-9,12,18H,10-11,13,20H2,1-2H3,(H,21,22). The molecule has 0 saturated carbocycles. The second kappa shape index (κ2) is 8.27. The fraction of sp³-hybridized carbons (Fsp3) is 0.316. The van der Waals surface area contributed by atoms with Crippen molar-refractivity contribution in [2.24, 2.45) is 5.73 Å². The van der Waals surface area contributed by atoms with Gasteiger partial charge in [-0.25, -0.2) is 8.42 Å². The first-order chi connectivity index (χ1) is 11.7. The first-order valence-electron chi connectivity index (χ1n) is 8.11. The molecule has 1 unspecified atom stereocenters. The molecule has 2 rings (SSSR count). The third kappa shape index (κ3) is 6.32. The number of rotatable bonds is 7.